The summed E-state index contributed by atoms with van der Waals surface area (Å²) in [6.07, 6.45) is 5.69. The Kier molecular flexibility index (Phi) is 7.06. The van der Waals surface area contributed by atoms with Gasteiger partial charge in [0.1, 0.15) is 5.82 Å². The van der Waals surface area contributed by atoms with Crippen molar-refractivity contribution in [1.82, 2.24) is 9.88 Å². The largest absolute Gasteiger partial charge is 0.330 e. The van der Waals surface area contributed by atoms with Crippen LogP contribution >= 0.6 is 0 Å². The number of halogens is 1. The van der Waals surface area contributed by atoms with Crippen LogP contribution in [0, 0.1) is 30.0 Å². The summed E-state index contributed by atoms with van der Waals surface area (Å²) in [4.78, 5) is 32.8. The predicted molar refractivity (Wildman–Crippen MR) is 144 cm³/mol. The number of pyridine rings is 1. The highest BCUT2D eigenvalue weighted by Crippen LogP contribution is 2.37. The molecule has 0 unspecified atom stereocenters. The second-order valence-electron chi connectivity index (χ2n) is 10.0. The van der Waals surface area contributed by atoms with E-state index in [1.807, 2.05) is 43.3 Å². The van der Waals surface area contributed by atoms with Gasteiger partial charge in [-0.2, -0.15) is 5.26 Å². The number of nitriles is 1. The molecule has 0 fully saturated rings. The quantitative estimate of drug-likeness (QED) is 0.448. The number of nitrogens with zero attached hydrogens (tertiary/aromatic N) is 3. The summed E-state index contributed by atoms with van der Waals surface area (Å²) in [6.45, 7) is 3.95. The fourth-order valence-electron chi connectivity index (χ4n) is 5.36. The van der Waals surface area contributed by atoms with Gasteiger partial charge in [-0.25, -0.2) is 4.39 Å². The maximum absolute atomic E-state index is 15.0. The van der Waals surface area contributed by atoms with Gasteiger partial charge in [-0.05, 0) is 67.2 Å². The zero-order valence-corrected chi connectivity index (χ0v) is 21.5. The van der Waals surface area contributed by atoms with Crippen molar-refractivity contribution in [2.75, 3.05) is 11.9 Å². The van der Waals surface area contributed by atoms with E-state index in [9.17, 15) is 14.9 Å². The predicted octanol–water partition coefficient (Wildman–Crippen LogP) is 6.18. The van der Waals surface area contributed by atoms with Crippen molar-refractivity contribution >= 4 is 23.1 Å². The molecule has 0 aliphatic carbocycles. The number of nitrogens with one attached hydrogen (secondary N) is 1. The lowest BCUT2D eigenvalue weighted by atomic mass is 9.90. The first-order chi connectivity index (χ1) is 18.4. The van der Waals surface area contributed by atoms with Gasteiger partial charge in [0.05, 0.1) is 23.4 Å². The monoisotopic (exact) mass is 508 g/mol. The average molecular weight is 509 g/mol. The Morgan fingerprint density at radius 1 is 1.13 bits per heavy atom. The Morgan fingerprint density at radius 2 is 1.95 bits per heavy atom. The van der Waals surface area contributed by atoms with E-state index < -0.39 is 5.82 Å². The standard InChI is InChI=1S/C31H29FN4O2/c1-19-10-11-23(18-33)29(30(19)32)22-13-15-36(28(37)17-22)27-9-5-6-20(2)31(38)35-25-8-4-3-7-24(25)21-12-14-34-26(27)16-21/h3-4,7-8,10-12,14,16-17,20,27H,5-6,9,13,15H2,1-2H3,(H,35,38)/t20-,27+/m1/s1. The highest BCUT2D eigenvalue weighted by Gasteiger charge is 2.31. The number of carbonyl (C=O) groups is 2. The minimum absolute atomic E-state index is 0.0287. The van der Waals surface area contributed by atoms with Crippen LogP contribution in [0.2, 0.25) is 0 Å². The van der Waals surface area contributed by atoms with Gasteiger partial charge in [0.15, 0.2) is 0 Å². The van der Waals surface area contributed by atoms with Gasteiger partial charge < -0.3 is 10.2 Å². The lowest BCUT2D eigenvalue weighted by Crippen LogP contribution is -2.38. The second kappa shape index (κ2) is 10.6. The highest BCUT2D eigenvalue weighted by molar-refractivity contribution is 5.98. The van der Waals surface area contributed by atoms with Crippen molar-refractivity contribution in [1.29, 1.82) is 5.26 Å². The van der Waals surface area contributed by atoms with Gasteiger partial charge in [-0.1, -0.05) is 37.6 Å². The van der Waals surface area contributed by atoms with Gasteiger partial charge in [-0.3, -0.25) is 14.6 Å². The van der Waals surface area contributed by atoms with Crippen LogP contribution in [-0.4, -0.2) is 28.2 Å². The number of benzene rings is 2. The summed E-state index contributed by atoms with van der Waals surface area (Å²) in [5, 5.41) is 12.6. The molecule has 192 valence electrons. The molecule has 0 saturated carbocycles. The van der Waals surface area contributed by atoms with Crippen molar-refractivity contribution in [3.05, 3.63) is 89.0 Å². The molecule has 0 spiro atoms. The van der Waals surface area contributed by atoms with Crippen molar-refractivity contribution < 1.29 is 14.0 Å². The molecule has 2 aromatic carbocycles. The van der Waals surface area contributed by atoms with Crippen molar-refractivity contribution in [2.24, 2.45) is 5.92 Å². The number of hydrogen-bond donors (Lipinski definition) is 1. The fourth-order valence-corrected chi connectivity index (χ4v) is 5.36. The summed E-state index contributed by atoms with van der Waals surface area (Å²) < 4.78 is 15.0. The molecule has 1 aromatic heterocycles. The molecule has 2 atom stereocenters. The molecule has 5 rings (SSSR count). The summed E-state index contributed by atoms with van der Waals surface area (Å²) in [5.74, 6) is -0.903. The number of amides is 2. The van der Waals surface area contributed by atoms with E-state index in [1.54, 1.807) is 30.2 Å². The molecule has 2 bridgehead atoms. The number of aryl methyl sites for hydroxylation is 1. The Labute approximate surface area is 221 Å². The van der Waals surface area contributed by atoms with Crippen LogP contribution in [0.25, 0.3) is 16.7 Å². The maximum Gasteiger partial charge on any atom is 0.247 e. The molecule has 38 heavy (non-hydrogen) atoms. The maximum atomic E-state index is 15.0. The number of rotatable bonds is 2. The van der Waals surface area contributed by atoms with E-state index in [0.29, 0.717) is 36.9 Å². The second-order valence-corrected chi connectivity index (χ2v) is 10.0. The summed E-state index contributed by atoms with van der Waals surface area (Å²) in [5.41, 5.74) is 4.75. The number of hydrogen-bond acceptors (Lipinski definition) is 4. The van der Waals surface area contributed by atoms with Gasteiger partial charge in [0.2, 0.25) is 11.8 Å². The molecule has 3 heterocycles. The molecular formula is C31H29FN4O2. The lowest BCUT2D eigenvalue weighted by Gasteiger charge is -2.34. The summed E-state index contributed by atoms with van der Waals surface area (Å²) in [7, 11) is 0. The van der Waals surface area contributed by atoms with Gasteiger partial charge in [-0.15, -0.1) is 0 Å². The third kappa shape index (κ3) is 4.82. The zero-order valence-electron chi connectivity index (χ0n) is 21.5. The van der Waals surface area contributed by atoms with Crippen molar-refractivity contribution in [3.63, 3.8) is 0 Å². The van der Waals surface area contributed by atoms with E-state index >= 15 is 4.39 Å². The van der Waals surface area contributed by atoms with Crippen LogP contribution in [0.15, 0.2) is 60.8 Å². The number of fused-ring (bicyclic) bond motifs is 4. The minimum atomic E-state index is -0.456. The number of para-hydroxylation sites is 1. The van der Waals surface area contributed by atoms with Gasteiger partial charge >= 0.3 is 0 Å². The average Bonchev–Trinajstić information content (AvgIpc) is 2.92. The van der Waals surface area contributed by atoms with Crippen LogP contribution in [-0.2, 0) is 9.59 Å². The molecule has 2 aliphatic heterocycles. The first-order valence-electron chi connectivity index (χ1n) is 12.9. The molecule has 1 N–H and O–H groups in total. The number of aromatic nitrogens is 1. The lowest BCUT2D eigenvalue weighted by molar-refractivity contribution is -0.129. The summed E-state index contributed by atoms with van der Waals surface area (Å²) in [6, 6.07) is 16.5. The topological polar surface area (TPSA) is 86.1 Å². The minimum Gasteiger partial charge on any atom is -0.330 e. The number of anilines is 1. The Morgan fingerprint density at radius 3 is 2.74 bits per heavy atom. The highest BCUT2D eigenvalue weighted by atomic mass is 19.1. The third-order valence-electron chi connectivity index (χ3n) is 7.54. The Balaban J connectivity index is 1.53. The fraction of sp³-hybridized carbons (Fsp3) is 0.290. The third-order valence-corrected chi connectivity index (χ3v) is 7.54. The Hall–Kier alpha value is -4.31. The Bertz CT molecular complexity index is 1490. The van der Waals surface area contributed by atoms with Crippen LogP contribution in [0.1, 0.15) is 61.0 Å². The molecule has 7 heteroatoms. The first-order valence-corrected chi connectivity index (χ1v) is 12.9. The van der Waals surface area contributed by atoms with Gasteiger partial charge in [0, 0.05) is 41.5 Å². The van der Waals surface area contributed by atoms with E-state index in [2.05, 4.69) is 16.4 Å². The normalized spacial score (nSPS) is 19.8. The van der Waals surface area contributed by atoms with Crippen LogP contribution in [0.5, 0.6) is 0 Å². The van der Waals surface area contributed by atoms with Gasteiger partial charge in [0.25, 0.3) is 0 Å². The summed E-state index contributed by atoms with van der Waals surface area (Å²) >= 11 is 0. The molecule has 3 aromatic rings. The number of carbonyl (C=O) groups excluding carboxylic acids is 2. The van der Waals surface area contributed by atoms with Crippen molar-refractivity contribution in [2.45, 2.75) is 45.6 Å². The van der Waals surface area contributed by atoms with E-state index in [1.165, 1.54) is 6.08 Å². The molecule has 0 saturated heterocycles. The molecule has 6 nitrogen and oxygen atoms in total. The van der Waals surface area contributed by atoms with Crippen LogP contribution in [0.4, 0.5) is 10.1 Å². The van der Waals surface area contributed by atoms with Crippen molar-refractivity contribution in [3.8, 4) is 17.2 Å². The smallest absolute Gasteiger partial charge is 0.247 e. The van der Waals surface area contributed by atoms with Crippen LogP contribution in [0.3, 0.4) is 0 Å². The molecule has 2 amide bonds. The SMILES string of the molecule is Cc1ccc(C#N)c(C2=CC(=O)N([C@H]3CCC[C@@H](C)C(=O)Nc4ccccc4-c4ccnc3c4)CC2)c1F. The first kappa shape index (κ1) is 25.3. The van der Waals surface area contributed by atoms with E-state index in [4.69, 9.17) is 0 Å². The van der Waals surface area contributed by atoms with E-state index in [0.717, 1.165) is 28.9 Å². The van der Waals surface area contributed by atoms with Crippen LogP contribution < -0.4 is 5.32 Å². The zero-order chi connectivity index (χ0) is 26.8. The molecule has 0 radical (unpaired) electrons. The molecule has 2 aliphatic rings. The molecular weight excluding hydrogens is 479 g/mol. The van der Waals surface area contributed by atoms with E-state index in [-0.39, 0.29) is 34.9 Å².